The molecule has 0 atom stereocenters. The first-order valence-electron chi connectivity index (χ1n) is 6.48. The largest absolute Gasteiger partial charge is 0.368 e. The molecule has 2 N–H and O–H groups in total. The summed E-state index contributed by atoms with van der Waals surface area (Å²) in [6.07, 6.45) is 1.87. The van der Waals surface area contributed by atoms with Crippen LogP contribution in [0.2, 0.25) is 0 Å². The van der Waals surface area contributed by atoms with Gasteiger partial charge in [-0.2, -0.15) is 0 Å². The molecule has 0 aromatic heterocycles. The molecular weight excluding hydrogens is 226 g/mol. The molecule has 1 saturated heterocycles. The van der Waals surface area contributed by atoms with Crippen LogP contribution in [0.25, 0.3) is 0 Å². The maximum Gasteiger partial charge on any atom is 0.209 e. The number of anilines is 1. The zero-order chi connectivity index (χ0) is 13.0. The van der Waals surface area contributed by atoms with E-state index in [1.54, 1.807) is 0 Å². The summed E-state index contributed by atoms with van der Waals surface area (Å²) >= 11 is 0. The molecule has 4 nitrogen and oxygen atoms in total. The van der Waals surface area contributed by atoms with Crippen molar-refractivity contribution in [1.29, 1.82) is 0 Å². The monoisotopic (exact) mass is 247 g/mol. The van der Waals surface area contributed by atoms with Crippen molar-refractivity contribution in [3.63, 3.8) is 0 Å². The average Bonchev–Trinajstić information content (AvgIpc) is 2.40. The van der Waals surface area contributed by atoms with Crippen molar-refractivity contribution in [3.05, 3.63) is 29.3 Å². The Morgan fingerprint density at radius 2 is 2.00 bits per heavy atom. The molecule has 1 fully saturated rings. The number of carbonyl (C=O) groups is 1. The third-order valence-corrected chi connectivity index (χ3v) is 3.50. The number of carbonyl (C=O) groups excluding carboxylic acids is 1. The fraction of sp³-hybridized carbons (Fsp3) is 0.500. The van der Waals surface area contributed by atoms with Crippen LogP contribution in [0.15, 0.2) is 18.2 Å². The average molecular weight is 247 g/mol. The first-order chi connectivity index (χ1) is 8.74. The molecular formula is C14H21N3O. The van der Waals surface area contributed by atoms with Gasteiger partial charge in [-0.15, -0.1) is 0 Å². The highest BCUT2D eigenvalue weighted by atomic mass is 16.1. The number of piperazine rings is 1. The molecule has 1 aromatic rings. The molecule has 0 unspecified atom stereocenters. The van der Waals surface area contributed by atoms with Crippen molar-refractivity contribution in [2.45, 2.75) is 13.3 Å². The minimum absolute atomic E-state index is 0.691. The number of hydrogen-bond acceptors (Lipinski definition) is 3. The van der Waals surface area contributed by atoms with Crippen LogP contribution in [0.5, 0.6) is 0 Å². The lowest BCUT2D eigenvalue weighted by Gasteiger charge is -2.35. The van der Waals surface area contributed by atoms with E-state index >= 15 is 0 Å². The van der Waals surface area contributed by atoms with Crippen molar-refractivity contribution >= 4 is 12.1 Å². The second-order valence-electron chi connectivity index (χ2n) is 4.79. The molecule has 0 radical (unpaired) electrons. The Balaban J connectivity index is 2.07. The topological polar surface area (TPSA) is 49.6 Å². The maximum absolute atomic E-state index is 10.7. The predicted molar refractivity (Wildman–Crippen MR) is 73.8 cm³/mol. The molecule has 1 aromatic carbocycles. The van der Waals surface area contributed by atoms with Gasteiger partial charge in [0.2, 0.25) is 6.41 Å². The summed E-state index contributed by atoms with van der Waals surface area (Å²) in [5.41, 5.74) is 9.44. The van der Waals surface area contributed by atoms with E-state index in [1.807, 2.05) is 4.90 Å². The zero-order valence-corrected chi connectivity index (χ0v) is 10.9. The Morgan fingerprint density at radius 3 is 2.56 bits per heavy atom. The number of hydrogen-bond donors (Lipinski definition) is 1. The van der Waals surface area contributed by atoms with Gasteiger partial charge in [0.25, 0.3) is 0 Å². The molecule has 0 saturated carbocycles. The van der Waals surface area contributed by atoms with Gasteiger partial charge in [-0.05, 0) is 37.1 Å². The maximum atomic E-state index is 10.7. The number of benzene rings is 1. The summed E-state index contributed by atoms with van der Waals surface area (Å²) in [6.45, 7) is 6.28. The van der Waals surface area contributed by atoms with E-state index in [0.29, 0.717) is 6.54 Å². The first-order valence-corrected chi connectivity index (χ1v) is 6.48. The second kappa shape index (κ2) is 5.87. The minimum Gasteiger partial charge on any atom is -0.368 e. The number of rotatable bonds is 4. The molecule has 0 bridgehead atoms. The standard InChI is InChI=1S/C14H21N3O/c1-12-10-13(4-5-15)2-3-14(12)17-8-6-16(11-18)7-9-17/h2-3,10-11H,4-9,15H2,1H3. The fourth-order valence-corrected chi connectivity index (χ4v) is 2.46. The molecule has 1 aliphatic heterocycles. The predicted octanol–water partition coefficient (Wildman–Crippen LogP) is 0.775. The van der Waals surface area contributed by atoms with Gasteiger partial charge in [0, 0.05) is 31.9 Å². The Kier molecular flexibility index (Phi) is 4.20. The number of amides is 1. The first kappa shape index (κ1) is 12.9. The van der Waals surface area contributed by atoms with Crippen LogP contribution in [0.3, 0.4) is 0 Å². The lowest BCUT2D eigenvalue weighted by Crippen LogP contribution is -2.45. The van der Waals surface area contributed by atoms with Crippen molar-refractivity contribution in [3.8, 4) is 0 Å². The Morgan fingerprint density at radius 1 is 1.28 bits per heavy atom. The van der Waals surface area contributed by atoms with Gasteiger partial charge in [0.1, 0.15) is 0 Å². The number of nitrogens with two attached hydrogens (primary N) is 1. The van der Waals surface area contributed by atoms with Gasteiger partial charge in [-0.25, -0.2) is 0 Å². The van der Waals surface area contributed by atoms with E-state index < -0.39 is 0 Å². The molecule has 1 heterocycles. The van der Waals surface area contributed by atoms with Crippen LogP contribution in [0, 0.1) is 6.92 Å². The minimum atomic E-state index is 0.691. The summed E-state index contributed by atoms with van der Waals surface area (Å²) in [5, 5.41) is 0. The molecule has 98 valence electrons. The second-order valence-corrected chi connectivity index (χ2v) is 4.79. The third-order valence-electron chi connectivity index (χ3n) is 3.50. The summed E-state index contributed by atoms with van der Waals surface area (Å²) < 4.78 is 0. The number of nitrogens with zero attached hydrogens (tertiary/aromatic N) is 2. The normalized spacial score (nSPS) is 15.9. The van der Waals surface area contributed by atoms with E-state index in [1.165, 1.54) is 16.8 Å². The van der Waals surface area contributed by atoms with Crippen molar-refractivity contribution in [1.82, 2.24) is 4.90 Å². The van der Waals surface area contributed by atoms with Crippen LogP contribution < -0.4 is 10.6 Å². The fourth-order valence-electron chi connectivity index (χ4n) is 2.46. The third kappa shape index (κ3) is 2.82. The molecule has 1 amide bonds. The van der Waals surface area contributed by atoms with Crippen LogP contribution in [-0.2, 0) is 11.2 Å². The van der Waals surface area contributed by atoms with E-state index in [2.05, 4.69) is 30.0 Å². The quantitative estimate of drug-likeness (QED) is 0.800. The summed E-state index contributed by atoms with van der Waals surface area (Å²) in [4.78, 5) is 14.9. The Bertz CT molecular complexity index is 412. The molecule has 4 heteroatoms. The smallest absolute Gasteiger partial charge is 0.209 e. The van der Waals surface area contributed by atoms with E-state index in [0.717, 1.165) is 39.0 Å². The van der Waals surface area contributed by atoms with Gasteiger partial charge in [-0.3, -0.25) is 4.79 Å². The Hall–Kier alpha value is -1.55. The van der Waals surface area contributed by atoms with E-state index in [9.17, 15) is 4.79 Å². The highest BCUT2D eigenvalue weighted by Gasteiger charge is 2.16. The van der Waals surface area contributed by atoms with Gasteiger partial charge in [-0.1, -0.05) is 12.1 Å². The van der Waals surface area contributed by atoms with Crippen LogP contribution >= 0.6 is 0 Å². The lowest BCUT2D eigenvalue weighted by atomic mass is 10.1. The van der Waals surface area contributed by atoms with Gasteiger partial charge in [0.15, 0.2) is 0 Å². The SMILES string of the molecule is Cc1cc(CCN)ccc1N1CCN(C=O)CC1. The van der Waals surface area contributed by atoms with Gasteiger partial charge < -0.3 is 15.5 Å². The molecule has 1 aliphatic rings. The molecule has 18 heavy (non-hydrogen) atoms. The van der Waals surface area contributed by atoms with E-state index in [-0.39, 0.29) is 0 Å². The van der Waals surface area contributed by atoms with Crippen molar-refractivity contribution in [2.75, 3.05) is 37.6 Å². The highest BCUT2D eigenvalue weighted by Crippen LogP contribution is 2.22. The lowest BCUT2D eigenvalue weighted by molar-refractivity contribution is -0.118. The Labute approximate surface area is 108 Å². The summed E-state index contributed by atoms with van der Waals surface area (Å²) in [7, 11) is 0. The van der Waals surface area contributed by atoms with Crippen molar-refractivity contribution in [2.24, 2.45) is 5.73 Å². The van der Waals surface area contributed by atoms with E-state index in [4.69, 9.17) is 5.73 Å². The zero-order valence-electron chi connectivity index (χ0n) is 10.9. The van der Waals surface area contributed by atoms with Gasteiger partial charge >= 0.3 is 0 Å². The summed E-state index contributed by atoms with van der Waals surface area (Å²) in [5.74, 6) is 0. The molecule has 0 spiro atoms. The van der Waals surface area contributed by atoms with Gasteiger partial charge in [0.05, 0.1) is 0 Å². The highest BCUT2D eigenvalue weighted by molar-refractivity contribution is 5.56. The molecule has 2 rings (SSSR count). The number of aryl methyl sites for hydroxylation is 1. The van der Waals surface area contributed by atoms with Crippen LogP contribution in [0.1, 0.15) is 11.1 Å². The summed E-state index contributed by atoms with van der Waals surface area (Å²) in [6, 6.07) is 6.55. The molecule has 0 aliphatic carbocycles. The van der Waals surface area contributed by atoms with Crippen LogP contribution in [-0.4, -0.2) is 44.0 Å². The van der Waals surface area contributed by atoms with Crippen molar-refractivity contribution < 1.29 is 4.79 Å². The van der Waals surface area contributed by atoms with Crippen LogP contribution in [0.4, 0.5) is 5.69 Å².